The van der Waals surface area contributed by atoms with Crippen LogP contribution in [0.15, 0.2) is 22.9 Å². The van der Waals surface area contributed by atoms with Crippen LogP contribution in [0, 0.1) is 0 Å². The maximum atomic E-state index is 12.3. The summed E-state index contributed by atoms with van der Waals surface area (Å²) in [5.41, 5.74) is 1.92. The van der Waals surface area contributed by atoms with Crippen LogP contribution in [0.25, 0.3) is 0 Å². The Kier molecular flexibility index (Phi) is 3.65. The van der Waals surface area contributed by atoms with Crippen molar-refractivity contribution >= 4 is 17.8 Å². The molecule has 0 aromatic rings. The van der Waals surface area contributed by atoms with E-state index in [4.69, 9.17) is 0 Å². The minimum atomic E-state index is -0.583. The van der Waals surface area contributed by atoms with Crippen LogP contribution in [0.4, 0.5) is 4.79 Å². The van der Waals surface area contributed by atoms with Crippen molar-refractivity contribution in [2.24, 2.45) is 0 Å². The van der Waals surface area contributed by atoms with Crippen molar-refractivity contribution < 1.29 is 14.4 Å². The third-order valence-electron chi connectivity index (χ3n) is 3.59. The van der Waals surface area contributed by atoms with Gasteiger partial charge in [-0.2, -0.15) is 0 Å². The Labute approximate surface area is 118 Å². The van der Waals surface area contributed by atoms with Crippen LogP contribution in [0.3, 0.4) is 0 Å². The molecule has 0 N–H and O–H groups in total. The summed E-state index contributed by atoms with van der Waals surface area (Å²) in [5.74, 6) is -1.00. The Morgan fingerprint density at radius 2 is 1.55 bits per heavy atom. The lowest BCUT2D eigenvalue weighted by atomic mass is 9.99. The molecule has 0 aromatic carbocycles. The summed E-state index contributed by atoms with van der Waals surface area (Å²) in [5, 5.41) is 0. The van der Waals surface area contributed by atoms with Gasteiger partial charge in [0.2, 0.25) is 0 Å². The van der Waals surface area contributed by atoms with E-state index in [1.54, 1.807) is 0 Å². The van der Waals surface area contributed by atoms with E-state index in [0.717, 1.165) is 33.8 Å². The van der Waals surface area contributed by atoms with E-state index in [1.807, 2.05) is 25.2 Å². The fraction of sp³-hybridized carbons (Fsp3) is 0.500. The summed E-state index contributed by atoms with van der Waals surface area (Å²) >= 11 is 0. The smallest absolute Gasteiger partial charge is 0.333 e. The molecule has 2 rings (SSSR count). The second kappa shape index (κ2) is 5.11. The van der Waals surface area contributed by atoms with Crippen molar-refractivity contribution in [3.05, 3.63) is 22.9 Å². The molecule has 20 heavy (non-hydrogen) atoms. The largest absolute Gasteiger partial charge is 0.383 e. The van der Waals surface area contributed by atoms with Gasteiger partial charge in [0.25, 0.3) is 11.8 Å². The zero-order valence-electron chi connectivity index (χ0n) is 12.3. The normalized spacial score (nSPS) is 22.4. The number of carbonyl (C=O) groups excluding carboxylic acids is 3. The highest BCUT2D eigenvalue weighted by Gasteiger charge is 2.40. The number of hydrogen-bond donors (Lipinski definition) is 0. The fourth-order valence-corrected chi connectivity index (χ4v) is 2.59. The van der Waals surface area contributed by atoms with Gasteiger partial charge >= 0.3 is 6.03 Å². The highest BCUT2D eigenvalue weighted by atomic mass is 16.2. The van der Waals surface area contributed by atoms with E-state index in [-0.39, 0.29) is 5.57 Å². The predicted molar refractivity (Wildman–Crippen MR) is 73.6 cm³/mol. The molecule has 1 saturated carbocycles. The van der Waals surface area contributed by atoms with E-state index in [0.29, 0.717) is 6.42 Å². The first-order valence-electron chi connectivity index (χ1n) is 6.55. The molecule has 108 valence electrons. The molecule has 0 atom stereocenters. The van der Waals surface area contributed by atoms with E-state index in [2.05, 4.69) is 0 Å². The lowest BCUT2D eigenvalue weighted by molar-refractivity contribution is -0.134. The molecular formula is C14H19N3O3. The number of imide groups is 2. The predicted octanol–water partition coefficient (Wildman–Crippen LogP) is 0.963. The minimum absolute atomic E-state index is 0.139. The molecule has 1 saturated heterocycles. The van der Waals surface area contributed by atoms with Crippen LogP contribution >= 0.6 is 0 Å². The zero-order chi connectivity index (χ0) is 15.0. The third-order valence-corrected chi connectivity index (χ3v) is 3.59. The van der Waals surface area contributed by atoms with Gasteiger partial charge in [-0.05, 0) is 30.4 Å². The van der Waals surface area contributed by atoms with Crippen molar-refractivity contribution in [2.45, 2.75) is 19.3 Å². The van der Waals surface area contributed by atoms with Gasteiger partial charge in [0.15, 0.2) is 0 Å². The number of barbiturate groups is 1. The number of carbonyl (C=O) groups is 3. The summed E-state index contributed by atoms with van der Waals surface area (Å²) in [6.07, 6.45) is 4.40. The van der Waals surface area contributed by atoms with Crippen LogP contribution in [0.5, 0.6) is 0 Å². The average Bonchev–Trinajstić information content (AvgIpc) is 2.82. The first-order chi connectivity index (χ1) is 9.34. The molecule has 0 radical (unpaired) electrons. The van der Waals surface area contributed by atoms with E-state index in [1.165, 1.54) is 14.1 Å². The van der Waals surface area contributed by atoms with Crippen molar-refractivity contribution in [3.63, 3.8) is 0 Å². The van der Waals surface area contributed by atoms with Crippen molar-refractivity contribution in [3.8, 4) is 0 Å². The van der Waals surface area contributed by atoms with Crippen LogP contribution in [-0.2, 0) is 9.59 Å². The molecule has 0 bridgehead atoms. The number of amides is 4. The van der Waals surface area contributed by atoms with Crippen molar-refractivity contribution in [1.29, 1.82) is 0 Å². The van der Waals surface area contributed by atoms with Gasteiger partial charge in [-0.1, -0.05) is 0 Å². The molecule has 2 fully saturated rings. The summed E-state index contributed by atoms with van der Waals surface area (Å²) in [4.78, 5) is 40.2. The summed E-state index contributed by atoms with van der Waals surface area (Å²) in [6.45, 7) is 0. The third kappa shape index (κ3) is 2.21. The number of hydrogen-bond acceptors (Lipinski definition) is 4. The van der Waals surface area contributed by atoms with Crippen LogP contribution in [-0.4, -0.2) is 60.7 Å². The maximum Gasteiger partial charge on any atom is 0.333 e. The van der Waals surface area contributed by atoms with Crippen molar-refractivity contribution in [2.75, 3.05) is 28.2 Å². The first-order valence-corrected chi connectivity index (χ1v) is 6.55. The Hall–Kier alpha value is -2.11. The van der Waals surface area contributed by atoms with Gasteiger partial charge in [-0.3, -0.25) is 19.4 Å². The highest BCUT2D eigenvalue weighted by molar-refractivity contribution is 6.29. The molecule has 1 aliphatic carbocycles. The van der Waals surface area contributed by atoms with Gasteiger partial charge in [-0.15, -0.1) is 0 Å². The highest BCUT2D eigenvalue weighted by Crippen LogP contribution is 2.35. The first kappa shape index (κ1) is 14.3. The molecule has 0 spiro atoms. The molecule has 1 aliphatic heterocycles. The minimum Gasteiger partial charge on any atom is -0.383 e. The molecule has 0 aromatic heterocycles. The van der Waals surface area contributed by atoms with Crippen LogP contribution in [0.1, 0.15) is 19.3 Å². The average molecular weight is 277 g/mol. The molecule has 1 heterocycles. The van der Waals surface area contributed by atoms with Gasteiger partial charge in [0.05, 0.1) is 0 Å². The van der Waals surface area contributed by atoms with Gasteiger partial charge < -0.3 is 4.90 Å². The van der Waals surface area contributed by atoms with Crippen LogP contribution < -0.4 is 0 Å². The molecule has 6 nitrogen and oxygen atoms in total. The number of urea groups is 1. The number of likely N-dealkylation sites (N-methyl/N-ethyl adjacent to an activating group) is 2. The van der Waals surface area contributed by atoms with E-state index in [9.17, 15) is 14.4 Å². The maximum absolute atomic E-state index is 12.3. The monoisotopic (exact) mass is 277 g/mol. The summed E-state index contributed by atoms with van der Waals surface area (Å²) in [6, 6.07) is -0.583. The fourth-order valence-electron chi connectivity index (χ4n) is 2.59. The summed E-state index contributed by atoms with van der Waals surface area (Å²) in [7, 11) is 6.61. The summed E-state index contributed by atoms with van der Waals surface area (Å²) < 4.78 is 0. The Morgan fingerprint density at radius 1 is 1.00 bits per heavy atom. The molecule has 2 aliphatic rings. The second-order valence-corrected chi connectivity index (χ2v) is 5.34. The molecule has 0 unspecified atom stereocenters. The topological polar surface area (TPSA) is 60.9 Å². The SMILES string of the molecule is CN(C)/C=C1\CCCC1=C1C(=O)N(C)C(=O)N(C)C1=O. The Balaban J connectivity index is 2.53. The van der Waals surface area contributed by atoms with Gasteiger partial charge in [-0.25, -0.2) is 4.79 Å². The number of nitrogens with zero attached hydrogens (tertiary/aromatic N) is 3. The van der Waals surface area contributed by atoms with Gasteiger partial charge in [0, 0.05) is 34.4 Å². The van der Waals surface area contributed by atoms with E-state index < -0.39 is 17.8 Å². The quantitative estimate of drug-likeness (QED) is 0.529. The number of allylic oxidation sites excluding steroid dienone is 2. The molecular weight excluding hydrogens is 258 g/mol. The standard InChI is InChI=1S/C14H19N3O3/c1-15(2)8-9-6-5-7-10(9)11-12(18)16(3)14(20)17(4)13(11)19/h8H,5-7H2,1-4H3/b9-8+. The molecule has 6 heteroatoms. The van der Waals surface area contributed by atoms with E-state index >= 15 is 0 Å². The van der Waals surface area contributed by atoms with Crippen LogP contribution in [0.2, 0.25) is 0 Å². The molecule has 4 amide bonds. The van der Waals surface area contributed by atoms with Crippen molar-refractivity contribution in [1.82, 2.24) is 14.7 Å². The number of rotatable bonds is 1. The zero-order valence-corrected chi connectivity index (χ0v) is 12.3. The lowest BCUT2D eigenvalue weighted by Gasteiger charge is -2.30. The van der Waals surface area contributed by atoms with Gasteiger partial charge in [0.1, 0.15) is 5.57 Å². The second-order valence-electron chi connectivity index (χ2n) is 5.34. The lowest BCUT2D eigenvalue weighted by Crippen LogP contribution is -2.53. The Morgan fingerprint density at radius 3 is 2.05 bits per heavy atom. The Bertz CT molecular complexity index is 520.